The second kappa shape index (κ2) is 5.18. The SMILES string of the molecule is NS(=O)(=O)c1cc2c(cc1Cl)N[C@H]([C@H]1C[C@H]3C=C[C@@H]1C3)NS2(=O)=O. The third-order valence-electron chi connectivity index (χ3n) is 4.98. The van der Waals surface area contributed by atoms with Crippen molar-refractivity contribution in [2.45, 2.75) is 28.8 Å². The highest BCUT2D eigenvalue weighted by Gasteiger charge is 2.44. The monoisotopic (exact) mass is 389 g/mol. The molecule has 24 heavy (non-hydrogen) atoms. The number of allylic oxidation sites excluding steroid dienone is 2. The van der Waals surface area contributed by atoms with Gasteiger partial charge in [-0.3, -0.25) is 0 Å². The molecule has 1 saturated carbocycles. The molecule has 0 radical (unpaired) electrons. The van der Waals surface area contributed by atoms with Crippen LogP contribution in [0.1, 0.15) is 12.8 Å². The zero-order chi connectivity index (χ0) is 17.3. The Kier molecular flexibility index (Phi) is 3.53. The van der Waals surface area contributed by atoms with Crippen molar-refractivity contribution in [2.24, 2.45) is 22.9 Å². The molecule has 0 saturated heterocycles. The molecule has 0 spiro atoms. The molecule has 4 atom stereocenters. The Labute approximate surface area is 145 Å². The van der Waals surface area contributed by atoms with Crippen LogP contribution in [-0.4, -0.2) is 23.0 Å². The molecular formula is C14H16ClN3O4S2. The van der Waals surface area contributed by atoms with E-state index in [0.717, 1.165) is 18.9 Å². The van der Waals surface area contributed by atoms with Gasteiger partial charge in [0.1, 0.15) is 9.79 Å². The van der Waals surface area contributed by atoms with Gasteiger partial charge in [0.05, 0.1) is 16.9 Å². The molecule has 0 unspecified atom stereocenters. The molecule has 1 heterocycles. The summed E-state index contributed by atoms with van der Waals surface area (Å²) in [5.74, 6) is 0.997. The Bertz CT molecular complexity index is 958. The van der Waals surface area contributed by atoms with E-state index in [1.165, 1.54) is 6.07 Å². The van der Waals surface area contributed by atoms with Crippen molar-refractivity contribution in [1.82, 2.24) is 4.72 Å². The van der Waals surface area contributed by atoms with Gasteiger partial charge in [-0.05, 0) is 36.8 Å². The lowest BCUT2D eigenvalue weighted by Gasteiger charge is -2.35. The molecule has 7 nitrogen and oxygen atoms in total. The fraction of sp³-hybridized carbons (Fsp3) is 0.429. The molecule has 130 valence electrons. The molecule has 4 rings (SSSR count). The Morgan fingerprint density at radius 3 is 2.54 bits per heavy atom. The quantitative estimate of drug-likeness (QED) is 0.657. The van der Waals surface area contributed by atoms with Crippen LogP contribution in [0.5, 0.6) is 0 Å². The van der Waals surface area contributed by atoms with E-state index in [4.69, 9.17) is 16.7 Å². The van der Waals surface area contributed by atoms with Gasteiger partial charge < -0.3 is 5.32 Å². The summed E-state index contributed by atoms with van der Waals surface area (Å²) in [6.07, 6.45) is 5.84. The summed E-state index contributed by atoms with van der Waals surface area (Å²) in [6.45, 7) is 0. The molecule has 10 heteroatoms. The maximum atomic E-state index is 12.6. The summed E-state index contributed by atoms with van der Waals surface area (Å²) in [6, 6.07) is 2.31. The van der Waals surface area contributed by atoms with Gasteiger partial charge in [-0.25, -0.2) is 22.0 Å². The van der Waals surface area contributed by atoms with Gasteiger partial charge in [0.15, 0.2) is 0 Å². The number of sulfonamides is 2. The lowest BCUT2D eigenvalue weighted by Crippen LogP contribution is -2.50. The van der Waals surface area contributed by atoms with Crippen molar-refractivity contribution < 1.29 is 16.8 Å². The highest BCUT2D eigenvalue weighted by atomic mass is 35.5. The van der Waals surface area contributed by atoms with Crippen LogP contribution in [0.2, 0.25) is 5.02 Å². The summed E-state index contributed by atoms with van der Waals surface area (Å²) in [5.41, 5.74) is 0.294. The van der Waals surface area contributed by atoms with Crippen molar-refractivity contribution in [3.8, 4) is 0 Å². The van der Waals surface area contributed by atoms with Crippen LogP contribution < -0.4 is 15.2 Å². The summed E-state index contributed by atoms with van der Waals surface area (Å²) in [4.78, 5) is -0.567. The predicted octanol–water partition coefficient (Wildman–Crippen LogP) is 1.23. The maximum absolute atomic E-state index is 12.6. The summed E-state index contributed by atoms with van der Waals surface area (Å²) in [7, 11) is -7.97. The van der Waals surface area contributed by atoms with Crippen LogP contribution in [0.25, 0.3) is 0 Å². The molecular weight excluding hydrogens is 374 g/mol. The molecule has 3 aliphatic rings. The van der Waals surface area contributed by atoms with Crippen LogP contribution >= 0.6 is 11.6 Å². The average molecular weight is 390 g/mol. The normalized spacial score (nSPS) is 33.2. The molecule has 1 fully saturated rings. The van der Waals surface area contributed by atoms with Crippen molar-refractivity contribution in [3.05, 3.63) is 29.3 Å². The average Bonchev–Trinajstić information content (AvgIpc) is 3.06. The number of rotatable bonds is 2. The molecule has 1 aromatic carbocycles. The van der Waals surface area contributed by atoms with Crippen LogP contribution in [0.15, 0.2) is 34.1 Å². The first-order chi connectivity index (χ1) is 11.1. The van der Waals surface area contributed by atoms with E-state index in [2.05, 4.69) is 22.2 Å². The van der Waals surface area contributed by atoms with Gasteiger partial charge in [0.2, 0.25) is 20.0 Å². The molecule has 4 N–H and O–H groups in total. The standard InChI is InChI=1S/C14H16ClN3O4S2/c15-10-5-11-13(6-12(10)23(16,19)20)24(21,22)18-14(17-11)9-4-7-1-2-8(9)3-7/h1-2,5-9,14,17-18H,3-4H2,(H2,16,19,20)/t7-,8+,9-,14-/m0/s1. The van der Waals surface area contributed by atoms with Crippen molar-refractivity contribution in [3.63, 3.8) is 0 Å². The van der Waals surface area contributed by atoms with E-state index in [1.54, 1.807) is 0 Å². The first kappa shape index (κ1) is 16.3. The number of halogens is 1. The topological polar surface area (TPSA) is 118 Å². The molecule has 0 amide bonds. The van der Waals surface area contributed by atoms with E-state index in [1.807, 2.05) is 0 Å². The number of fused-ring (bicyclic) bond motifs is 3. The lowest BCUT2D eigenvalue weighted by molar-refractivity contribution is 0.363. The second-order valence-electron chi connectivity index (χ2n) is 6.51. The molecule has 0 aromatic heterocycles. The number of nitrogens with two attached hydrogens (primary N) is 1. The highest BCUT2D eigenvalue weighted by Crippen LogP contribution is 2.46. The van der Waals surface area contributed by atoms with E-state index < -0.39 is 31.1 Å². The molecule has 2 aliphatic carbocycles. The fourth-order valence-electron chi connectivity index (χ4n) is 3.92. The molecule has 2 bridgehead atoms. The van der Waals surface area contributed by atoms with E-state index >= 15 is 0 Å². The van der Waals surface area contributed by atoms with Gasteiger partial charge in [0, 0.05) is 5.92 Å². The number of benzene rings is 1. The van der Waals surface area contributed by atoms with Crippen molar-refractivity contribution >= 4 is 37.3 Å². The van der Waals surface area contributed by atoms with Crippen LogP contribution in [-0.2, 0) is 20.0 Å². The molecule has 1 aromatic rings. The smallest absolute Gasteiger partial charge is 0.244 e. The van der Waals surface area contributed by atoms with Gasteiger partial charge in [0.25, 0.3) is 0 Å². The third kappa shape index (κ3) is 2.55. The van der Waals surface area contributed by atoms with Crippen LogP contribution in [0, 0.1) is 17.8 Å². The number of hydrogen-bond donors (Lipinski definition) is 3. The number of hydrogen-bond acceptors (Lipinski definition) is 5. The van der Waals surface area contributed by atoms with Gasteiger partial charge in [-0.2, -0.15) is 4.72 Å². The highest BCUT2D eigenvalue weighted by molar-refractivity contribution is 7.90. The van der Waals surface area contributed by atoms with Crippen LogP contribution in [0.3, 0.4) is 0 Å². The minimum atomic E-state index is -4.11. The Morgan fingerprint density at radius 1 is 1.21 bits per heavy atom. The van der Waals surface area contributed by atoms with Crippen molar-refractivity contribution in [1.29, 1.82) is 0 Å². The third-order valence-corrected chi connectivity index (χ3v) is 7.84. The summed E-state index contributed by atoms with van der Waals surface area (Å²) in [5, 5.41) is 8.14. The van der Waals surface area contributed by atoms with E-state index in [-0.39, 0.29) is 15.8 Å². The van der Waals surface area contributed by atoms with Gasteiger partial charge >= 0.3 is 0 Å². The summed E-state index contributed by atoms with van der Waals surface area (Å²) < 4.78 is 50.9. The van der Waals surface area contributed by atoms with Crippen molar-refractivity contribution in [2.75, 3.05) is 5.32 Å². The first-order valence-corrected chi connectivity index (χ1v) is 10.9. The number of nitrogens with one attached hydrogen (secondary N) is 2. The van der Waals surface area contributed by atoms with E-state index in [9.17, 15) is 16.8 Å². The number of anilines is 1. The van der Waals surface area contributed by atoms with Crippen LogP contribution in [0.4, 0.5) is 5.69 Å². The zero-order valence-corrected chi connectivity index (χ0v) is 14.8. The second-order valence-corrected chi connectivity index (χ2v) is 10.1. The first-order valence-electron chi connectivity index (χ1n) is 7.49. The fourth-order valence-corrected chi connectivity index (χ4v) is 6.47. The van der Waals surface area contributed by atoms with Gasteiger partial charge in [-0.15, -0.1) is 0 Å². The maximum Gasteiger partial charge on any atom is 0.244 e. The summed E-state index contributed by atoms with van der Waals surface area (Å²) >= 11 is 5.98. The minimum Gasteiger partial charge on any atom is -0.368 e. The lowest BCUT2D eigenvalue weighted by atomic mass is 9.91. The predicted molar refractivity (Wildman–Crippen MR) is 89.4 cm³/mol. The number of primary sulfonamides is 1. The van der Waals surface area contributed by atoms with E-state index in [0.29, 0.717) is 17.5 Å². The Balaban J connectivity index is 1.76. The minimum absolute atomic E-state index is 0.104. The Hall–Kier alpha value is -1.13. The molecule has 1 aliphatic heterocycles. The zero-order valence-electron chi connectivity index (χ0n) is 12.4. The largest absolute Gasteiger partial charge is 0.368 e. The van der Waals surface area contributed by atoms with Gasteiger partial charge in [-0.1, -0.05) is 23.8 Å². The Morgan fingerprint density at radius 2 is 1.96 bits per heavy atom.